The number of rotatable bonds is 6. The van der Waals surface area contributed by atoms with Crippen molar-refractivity contribution in [1.82, 2.24) is 9.13 Å². The van der Waals surface area contributed by atoms with Gasteiger partial charge in [0.05, 0.1) is 31.0 Å². The number of aromatic nitrogens is 2. The fraction of sp³-hybridized carbons (Fsp3) is 0.240. The molecule has 1 aliphatic rings. The van der Waals surface area contributed by atoms with Crippen molar-refractivity contribution in [3.63, 3.8) is 0 Å². The molecule has 0 saturated carbocycles. The Labute approximate surface area is 209 Å². The fourth-order valence-corrected chi connectivity index (χ4v) is 5.90. The van der Waals surface area contributed by atoms with Crippen molar-refractivity contribution in [2.45, 2.75) is 25.8 Å². The van der Waals surface area contributed by atoms with Crippen LogP contribution in [0.3, 0.4) is 0 Å². The summed E-state index contributed by atoms with van der Waals surface area (Å²) in [5.74, 6) is 0.587. The normalized spacial score (nSPS) is 12.5. The molecule has 180 valence electrons. The predicted octanol–water partition coefficient (Wildman–Crippen LogP) is 4.01. The Morgan fingerprint density at radius 2 is 1.86 bits per heavy atom. The monoisotopic (exact) mass is 511 g/mol. The Balaban J connectivity index is 1.61. The van der Waals surface area contributed by atoms with Gasteiger partial charge in [-0.2, -0.15) is 0 Å². The molecule has 1 amide bonds. The number of nitrogens with zero attached hydrogens (tertiary/aromatic N) is 2. The number of hydrogen-bond donors (Lipinski definition) is 1. The highest BCUT2D eigenvalue weighted by atomic mass is 35.5. The quantitative estimate of drug-likeness (QED) is 0.422. The Bertz CT molecular complexity index is 1570. The van der Waals surface area contributed by atoms with E-state index in [2.05, 4.69) is 5.32 Å². The fourth-order valence-electron chi connectivity index (χ4n) is 4.40. The minimum atomic E-state index is -0.582. The molecule has 8 nitrogen and oxygen atoms in total. The number of hydrogen-bond acceptors (Lipinski definition) is 6. The number of amides is 1. The van der Waals surface area contributed by atoms with Gasteiger partial charge in [0.2, 0.25) is 5.91 Å². The van der Waals surface area contributed by atoms with Crippen LogP contribution in [0.1, 0.15) is 16.9 Å². The van der Waals surface area contributed by atoms with Gasteiger partial charge in [-0.1, -0.05) is 11.6 Å². The van der Waals surface area contributed by atoms with Crippen LogP contribution in [0.15, 0.2) is 52.1 Å². The van der Waals surface area contributed by atoms with E-state index in [0.717, 1.165) is 34.3 Å². The van der Waals surface area contributed by atoms with Gasteiger partial charge >= 0.3 is 5.69 Å². The lowest BCUT2D eigenvalue weighted by atomic mass is 10.2. The van der Waals surface area contributed by atoms with E-state index in [-0.39, 0.29) is 12.1 Å². The van der Waals surface area contributed by atoms with E-state index in [9.17, 15) is 14.4 Å². The molecule has 0 radical (unpaired) electrons. The zero-order valence-electron chi connectivity index (χ0n) is 19.1. The third-order valence-corrected chi connectivity index (χ3v) is 7.62. The first-order valence-electron chi connectivity index (χ1n) is 11.0. The van der Waals surface area contributed by atoms with Crippen molar-refractivity contribution in [2.24, 2.45) is 0 Å². The summed E-state index contributed by atoms with van der Waals surface area (Å²) < 4.78 is 13.1. The molecule has 2 aromatic heterocycles. The van der Waals surface area contributed by atoms with Gasteiger partial charge in [0.25, 0.3) is 5.56 Å². The number of ether oxygens (including phenoxy) is 2. The molecule has 0 fully saturated rings. The molecule has 0 atom stereocenters. The van der Waals surface area contributed by atoms with E-state index >= 15 is 0 Å². The number of carbonyl (C=O) groups excluding carboxylic acids is 1. The van der Waals surface area contributed by atoms with E-state index in [4.69, 9.17) is 21.1 Å². The molecule has 10 heteroatoms. The van der Waals surface area contributed by atoms with Crippen LogP contribution in [0, 0.1) is 0 Å². The third-order valence-electron chi connectivity index (χ3n) is 6.06. The summed E-state index contributed by atoms with van der Waals surface area (Å²) in [7, 11) is 3.03. The second-order valence-electron chi connectivity index (χ2n) is 8.14. The highest BCUT2D eigenvalue weighted by Crippen LogP contribution is 2.35. The molecule has 2 aromatic carbocycles. The number of benzene rings is 2. The van der Waals surface area contributed by atoms with Gasteiger partial charge in [-0.05, 0) is 61.2 Å². The van der Waals surface area contributed by atoms with E-state index in [1.807, 2.05) is 0 Å². The number of anilines is 1. The van der Waals surface area contributed by atoms with Crippen molar-refractivity contribution in [1.29, 1.82) is 0 Å². The number of carbonyl (C=O) groups is 1. The lowest BCUT2D eigenvalue weighted by Gasteiger charge is -2.14. The van der Waals surface area contributed by atoms with Crippen molar-refractivity contribution in [3.05, 3.63) is 78.8 Å². The first kappa shape index (κ1) is 23.2. The maximum atomic E-state index is 13.6. The van der Waals surface area contributed by atoms with Crippen molar-refractivity contribution >= 4 is 44.7 Å². The second kappa shape index (κ2) is 9.24. The first-order valence-corrected chi connectivity index (χ1v) is 12.2. The van der Waals surface area contributed by atoms with Gasteiger partial charge in [-0.25, -0.2) is 9.36 Å². The molecule has 1 N–H and O–H groups in total. The lowest BCUT2D eigenvalue weighted by Crippen LogP contribution is -2.40. The molecule has 0 spiro atoms. The van der Waals surface area contributed by atoms with Crippen molar-refractivity contribution < 1.29 is 14.3 Å². The Morgan fingerprint density at radius 1 is 1.09 bits per heavy atom. The minimum Gasteiger partial charge on any atom is -0.497 e. The van der Waals surface area contributed by atoms with Crippen LogP contribution in [-0.4, -0.2) is 29.3 Å². The molecule has 0 bridgehead atoms. The largest absolute Gasteiger partial charge is 0.497 e. The molecule has 0 aliphatic heterocycles. The summed E-state index contributed by atoms with van der Waals surface area (Å²) >= 11 is 7.43. The van der Waals surface area contributed by atoms with Crippen LogP contribution < -0.4 is 26.0 Å². The van der Waals surface area contributed by atoms with Gasteiger partial charge in [0.1, 0.15) is 22.9 Å². The van der Waals surface area contributed by atoms with E-state index in [1.54, 1.807) is 49.6 Å². The Hall–Kier alpha value is -3.56. The molecular weight excluding hydrogens is 490 g/mol. The molecule has 1 aliphatic carbocycles. The molecule has 0 unspecified atom stereocenters. The lowest BCUT2D eigenvalue weighted by molar-refractivity contribution is -0.116. The summed E-state index contributed by atoms with van der Waals surface area (Å²) in [5.41, 5.74) is 0.864. The molecule has 5 rings (SSSR count). The standard InChI is InChI=1S/C25H22ClN3O5S/c1-33-16-10-11-18(19(12-16)34-2)27-21(30)13-28-24-22(17-4-3-5-20(17)35-24)23(31)29(25(28)32)15-8-6-14(26)7-9-15/h6-12H,3-5,13H2,1-2H3,(H,27,30). The topological polar surface area (TPSA) is 91.6 Å². The molecule has 35 heavy (non-hydrogen) atoms. The highest BCUT2D eigenvalue weighted by molar-refractivity contribution is 7.19. The summed E-state index contributed by atoms with van der Waals surface area (Å²) in [4.78, 5) is 41.8. The third kappa shape index (κ3) is 4.11. The smallest absolute Gasteiger partial charge is 0.337 e. The maximum Gasteiger partial charge on any atom is 0.337 e. The SMILES string of the molecule is COc1ccc(NC(=O)Cn2c(=O)n(-c3ccc(Cl)cc3)c(=O)c3c4c(sc32)CCC4)c(OC)c1. The predicted molar refractivity (Wildman–Crippen MR) is 137 cm³/mol. The van der Waals surface area contributed by atoms with Gasteiger partial charge in [0.15, 0.2) is 0 Å². The van der Waals surface area contributed by atoms with Crippen LogP contribution in [0.4, 0.5) is 5.69 Å². The van der Waals surface area contributed by atoms with Crippen LogP contribution in [-0.2, 0) is 24.2 Å². The highest BCUT2D eigenvalue weighted by Gasteiger charge is 2.26. The summed E-state index contributed by atoms with van der Waals surface area (Å²) in [5, 5.41) is 3.80. The van der Waals surface area contributed by atoms with E-state index in [1.165, 1.54) is 23.0 Å². The van der Waals surface area contributed by atoms with Crippen LogP contribution in [0.2, 0.25) is 5.02 Å². The van der Waals surface area contributed by atoms with Crippen LogP contribution >= 0.6 is 22.9 Å². The number of aryl methyl sites for hydroxylation is 2. The van der Waals surface area contributed by atoms with E-state index in [0.29, 0.717) is 38.1 Å². The van der Waals surface area contributed by atoms with Gasteiger partial charge in [-0.15, -0.1) is 11.3 Å². The summed E-state index contributed by atoms with van der Waals surface area (Å²) in [6, 6.07) is 11.5. The average Bonchev–Trinajstić information content (AvgIpc) is 3.45. The first-order chi connectivity index (χ1) is 16.9. The van der Waals surface area contributed by atoms with Crippen LogP contribution in [0.5, 0.6) is 11.5 Å². The number of fused-ring (bicyclic) bond motifs is 3. The zero-order valence-corrected chi connectivity index (χ0v) is 20.7. The molecular formula is C25H22ClN3O5S. The molecule has 0 saturated heterocycles. The number of thiophene rings is 1. The van der Waals surface area contributed by atoms with Gasteiger partial charge in [-0.3, -0.25) is 14.2 Å². The molecule has 2 heterocycles. The zero-order chi connectivity index (χ0) is 24.7. The van der Waals surface area contributed by atoms with Crippen molar-refractivity contribution in [2.75, 3.05) is 19.5 Å². The number of methoxy groups -OCH3 is 2. The second-order valence-corrected chi connectivity index (χ2v) is 9.66. The number of halogens is 1. The van der Waals surface area contributed by atoms with Crippen molar-refractivity contribution in [3.8, 4) is 17.2 Å². The minimum absolute atomic E-state index is 0.266. The Kier molecular flexibility index (Phi) is 6.12. The van der Waals surface area contributed by atoms with Crippen LogP contribution in [0.25, 0.3) is 15.9 Å². The van der Waals surface area contributed by atoms with E-state index < -0.39 is 11.6 Å². The van der Waals surface area contributed by atoms with Gasteiger partial charge in [0, 0.05) is 16.0 Å². The maximum absolute atomic E-state index is 13.6. The number of nitrogens with one attached hydrogen (secondary N) is 1. The average molecular weight is 512 g/mol. The Morgan fingerprint density at radius 3 is 2.57 bits per heavy atom. The summed E-state index contributed by atoms with van der Waals surface area (Å²) in [6.45, 7) is -0.266. The van der Waals surface area contributed by atoms with Gasteiger partial charge < -0.3 is 14.8 Å². The molecule has 4 aromatic rings. The summed E-state index contributed by atoms with van der Waals surface area (Å²) in [6.07, 6.45) is 2.60.